The van der Waals surface area contributed by atoms with Gasteiger partial charge in [0.1, 0.15) is 22.9 Å². The van der Waals surface area contributed by atoms with Crippen LogP contribution in [-0.4, -0.2) is 20.4 Å². The zero-order valence-corrected chi connectivity index (χ0v) is 20.5. The Morgan fingerprint density at radius 1 is 0.875 bits per heavy atom. The number of nitrogens with one attached hydrogen (secondary N) is 1. The van der Waals surface area contributed by atoms with Crippen LogP contribution in [-0.2, 0) is 0 Å². The summed E-state index contributed by atoms with van der Waals surface area (Å²) in [7, 11) is 0. The van der Waals surface area contributed by atoms with E-state index in [1.165, 1.54) is 59.4 Å². The van der Waals surface area contributed by atoms with Crippen molar-refractivity contribution < 1.29 is 22.7 Å². The third-order valence-electron chi connectivity index (χ3n) is 5.98. The number of aromatic nitrogens is 3. The van der Waals surface area contributed by atoms with E-state index in [9.17, 15) is 18.4 Å². The maximum absolute atomic E-state index is 13.3. The highest BCUT2D eigenvalue weighted by Gasteiger charge is 2.16. The lowest BCUT2D eigenvalue weighted by atomic mass is 10.2. The Labute approximate surface area is 225 Å². The minimum atomic E-state index is -0.596. The molecule has 8 nitrogen and oxygen atoms in total. The molecule has 0 atom stereocenters. The van der Waals surface area contributed by atoms with Crippen LogP contribution in [0.1, 0.15) is 10.4 Å². The number of carbonyl (C=O) groups excluding carboxylic acids is 1. The summed E-state index contributed by atoms with van der Waals surface area (Å²) in [5, 5.41) is 2.70. The molecule has 3 heterocycles. The molecule has 0 fully saturated rings. The minimum Gasteiger partial charge on any atom is -0.453 e. The van der Waals surface area contributed by atoms with Gasteiger partial charge in [0, 0.05) is 35.4 Å². The molecular weight excluding hydrogens is 518 g/mol. The second-order valence-electron chi connectivity index (χ2n) is 8.64. The number of oxazole rings is 1. The SMILES string of the molecule is O=C(Nc1ccc(Oc2ccnc3nc(-c4ccc(F)cc4)oc23)cc1)c1cccn(-c2ccc(F)cc2)c1=O. The first kappa shape index (κ1) is 24.7. The van der Waals surface area contributed by atoms with Crippen molar-refractivity contribution in [2.75, 3.05) is 5.32 Å². The molecule has 3 aromatic heterocycles. The summed E-state index contributed by atoms with van der Waals surface area (Å²) >= 11 is 0. The average Bonchev–Trinajstić information content (AvgIpc) is 3.41. The van der Waals surface area contributed by atoms with Crippen molar-refractivity contribution in [3.63, 3.8) is 0 Å². The molecule has 0 saturated heterocycles. The van der Waals surface area contributed by atoms with Gasteiger partial charge in [-0.15, -0.1) is 0 Å². The zero-order valence-electron chi connectivity index (χ0n) is 20.5. The van der Waals surface area contributed by atoms with Gasteiger partial charge in [-0.1, -0.05) is 0 Å². The number of benzene rings is 3. The largest absolute Gasteiger partial charge is 0.453 e. The van der Waals surface area contributed by atoms with Crippen LogP contribution >= 0.6 is 0 Å². The smallest absolute Gasteiger partial charge is 0.267 e. The first-order valence-electron chi connectivity index (χ1n) is 12.0. The fraction of sp³-hybridized carbons (Fsp3) is 0. The van der Waals surface area contributed by atoms with Crippen LogP contribution < -0.4 is 15.6 Å². The molecule has 1 N–H and O–H groups in total. The molecule has 196 valence electrons. The zero-order chi connectivity index (χ0) is 27.6. The maximum atomic E-state index is 13.3. The van der Waals surface area contributed by atoms with Crippen LogP contribution in [0, 0.1) is 11.6 Å². The molecule has 0 radical (unpaired) electrons. The van der Waals surface area contributed by atoms with Gasteiger partial charge < -0.3 is 14.5 Å². The quantitative estimate of drug-likeness (QED) is 0.266. The molecule has 1 amide bonds. The van der Waals surface area contributed by atoms with Gasteiger partial charge in [-0.05, 0) is 84.9 Å². The monoisotopic (exact) mass is 536 g/mol. The van der Waals surface area contributed by atoms with Crippen LogP contribution in [0.15, 0.2) is 113 Å². The van der Waals surface area contributed by atoms with Gasteiger partial charge in [-0.2, -0.15) is 4.98 Å². The molecular formula is C30H18F2N4O4. The Kier molecular flexibility index (Phi) is 6.33. The molecule has 0 bridgehead atoms. The fourth-order valence-corrected chi connectivity index (χ4v) is 4.01. The molecule has 0 unspecified atom stereocenters. The molecule has 6 rings (SSSR count). The normalized spacial score (nSPS) is 10.9. The topological polar surface area (TPSA) is 99.2 Å². The second kappa shape index (κ2) is 10.3. The number of pyridine rings is 2. The Hall–Kier alpha value is -5.64. The fourth-order valence-electron chi connectivity index (χ4n) is 4.01. The molecule has 40 heavy (non-hydrogen) atoms. The van der Waals surface area contributed by atoms with E-state index in [4.69, 9.17) is 9.15 Å². The van der Waals surface area contributed by atoms with E-state index in [2.05, 4.69) is 15.3 Å². The van der Waals surface area contributed by atoms with Gasteiger partial charge in [0.25, 0.3) is 11.5 Å². The van der Waals surface area contributed by atoms with Crippen LogP contribution in [0.25, 0.3) is 28.4 Å². The van der Waals surface area contributed by atoms with Gasteiger partial charge in [0.05, 0.1) is 0 Å². The van der Waals surface area contributed by atoms with Crippen molar-refractivity contribution in [3.8, 4) is 28.6 Å². The number of hydrogen-bond donors (Lipinski definition) is 1. The number of fused-ring (bicyclic) bond motifs is 1. The number of hydrogen-bond acceptors (Lipinski definition) is 6. The van der Waals surface area contributed by atoms with E-state index in [1.54, 1.807) is 48.5 Å². The lowest BCUT2D eigenvalue weighted by Crippen LogP contribution is -2.27. The summed E-state index contributed by atoms with van der Waals surface area (Å²) < 4.78 is 39.6. The number of rotatable bonds is 6. The lowest BCUT2D eigenvalue weighted by molar-refractivity contribution is 0.102. The summed E-state index contributed by atoms with van der Waals surface area (Å²) in [6.45, 7) is 0. The molecule has 0 saturated carbocycles. The first-order chi connectivity index (χ1) is 19.4. The number of halogens is 2. The number of carbonyl (C=O) groups is 1. The van der Waals surface area contributed by atoms with Crippen LogP contribution in [0.3, 0.4) is 0 Å². The molecule has 10 heteroatoms. The number of ether oxygens (including phenoxy) is 1. The Balaban J connectivity index is 1.19. The summed E-state index contributed by atoms with van der Waals surface area (Å²) in [4.78, 5) is 34.3. The number of amides is 1. The van der Waals surface area contributed by atoms with E-state index in [0.717, 1.165) is 0 Å². The lowest BCUT2D eigenvalue weighted by Gasteiger charge is -2.10. The van der Waals surface area contributed by atoms with Crippen molar-refractivity contribution in [1.82, 2.24) is 14.5 Å². The predicted molar refractivity (Wildman–Crippen MR) is 144 cm³/mol. The maximum Gasteiger partial charge on any atom is 0.267 e. The number of nitrogens with zero attached hydrogens (tertiary/aromatic N) is 3. The van der Waals surface area contributed by atoms with Crippen molar-refractivity contribution in [2.24, 2.45) is 0 Å². The molecule has 3 aromatic carbocycles. The summed E-state index contributed by atoms with van der Waals surface area (Å²) in [6, 6.07) is 22.3. The van der Waals surface area contributed by atoms with Crippen molar-refractivity contribution >= 4 is 22.8 Å². The van der Waals surface area contributed by atoms with Crippen molar-refractivity contribution in [1.29, 1.82) is 0 Å². The van der Waals surface area contributed by atoms with Gasteiger partial charge in [-0.25, -0.2) is 13.8 Å². The highest BCUT2D eigenvalue weighted by Crippen LogP contribution is 2.32. The van der Waals surface area contributed by atoms with E-state index in [1.807, 2.05) is 0 Å². The second-order valence-corrected chi connectivity index (χ2v) is 8.64. The van der Waals surface area contributed by atoms with Crippen molar-refractivity contribution in [2.45, 2.75) is 0 Å². The Morgan fingerprint density at radius 2 is 1.57 bits per heavy atom. The van der Waals surface area contributed by atoms with E-state index in [0.29, 0.717) is 39.7 Å². The van der Waals surface area contributed by atoms with Crippen molar-refractivity contribution in [3.05, 3.63) is 131 Å². The molecule has 6 aromatic rings. The van der Waals surface area contributed by atoms with Crippen LogP contribution in [0.4, 0.5) is 14.5 Å². The highest BCUT2D eigenvalue weighted by molar-refractivity contribution is 6.04. The summed E-state index contributed by atoms with van der Waals surface area (Å²) in [6.07, 6.45) is 3.04. The Bertz CT molecular complexity index is 1900. The average molecular weight is 536 g/mol. The molecule has 0 aliphatic heterocycles. The van der Waals surface area contributed by atoms with Gasteiger partial charge >= 0.3 is 0 Å². The minimum absolute atomic E-state index is 0.0754. The van der Waals surface area contributed by atoms with Crippen LogP contribution in [0.5, 0.6) is 11.5 Å². The molecule has 0 aliphatic carbocycles. The standard InChI is InChI=1S/C30H18F2N4O4/c31-19-5-3-18(4-6-19)29-35-27-26(40-29)25(15-16-33-27)39-23-13-9-21(10-14-23)34-28(37)24-2-1-17-36(30(24)38)22-11-7-20(32)8-12-22/h1-17H,(H,34,37). The molecule has 0 spiro atoms. The third-order valence-corrected chi connectivity index (χ3v) is 5.98. The van der Waals surface area contributed by atoms with E-state index in [-0.39, 0.29) is 17.3 Å². The third kappa shape index (κ3) is 4.93. The number of anilines is 1. The Morgan fingerprint density at radius 3 is 2.30 bits per heavy atom. The van der Waals surface area contributed by atoms with E-state index < -0.39 is 17.3 Å². The van der Waals surface area contributed by atoms with Gasteiger partial charge in [0.2, 0.25) is 17.1 Å². The van der Waals surface area contributed by atoms with E-state index >= 15 is 0 Å². The highest BCUT2D eigenvalue weighted by atomic mass is 19.1. The summed E-state index contributed by atoms with van der Waals surface area (Å²) in [5.74, 6) is -0.302. The molecule has 0 aliphatic rings. The van der Waals surface area contributed by atoms with Gasteiger partial charge in [0.15, 0.2) is 5.75 Å². The summed E-state index contributed by atoms with van der Waals surface area (Å²) in [5.41, 5.74) is 1.49. The predicted octanol–water partition coefficient (Wildman–Crippen LogP) is 6.36. The van der Waals surface area contributed by atoms with Crippen LogP contribution in [0.2, 0.25) is 0 Å². The van der Waals surface area contributed by atoms with Gasteiger partial charge in [-0.3, -0.25) is 14.2 Å². The first-order valence-corrected chi connectivity index (χ1v) is 12.0.